The number of rotatable bonds is 3. The monoisotopic (exact) mass is 294 g/mol. The van der Waals surface area contributed by atoms with Crippen molar-refractivity contribution in [2.75, 3.05) is 0 Å². The smallest absolute Gasteiger partial charge is 0.195 e. The molecule has 0 unspecified atom stereocenters. The second-order valence-corrected chi connectivity index (χ2v) is 6.29. The van der Waals surface area contributed by atoms with Crippen LogP contribution in [0.2, 0.25) is 5.15 Å². The zero-order valence-electron chi connectivity index (χ0n) is 9.76. The number of aryl methyl sites for hydroxylation is 1. The maximum atomic E-state index is 6.28. The minimum absolute atomic E-state index is 0.728. The molecule has 0 fully saturated rings. The SMILES string of the molecule is Cc1ccc(SCc2nc3sccn3c2Cl)cc1. The third kappa shape index (κ3) is 2.28. The Balaban J connectivity index is 1.78. The Morgan fingerprint density at radius 2 is 2.11 bits per heavy atom. The molecular formula is C13H11ClN2S2. The molecule has 92 valence electrons. The molecule has 0 radical (unpaired) electrons. The summed E-state index contributed by atoms with van der Waals surface area (Å²) in [6.45, 7) is 2.09. The quantitative estimate of drug-likeness (QED) is 0.654. The molecular weight excluding hydrogens is 284 g/mol. The second-order valence-electron chi connectivity index (χ2n) is 4.01. The minimum Gasteiger partial charge on any atom is -0.281 e. The van der Waals surface area contributed by atoms with Gasteiger partial charge in [-0.3, -0.25) is 4.40 Å². The van der Waals surface area contributed by atoms with E-state index in [0.717, 1.165) is 21.6 Å². The van der Waals surface area contributed by atoms with Crippen molar-refractivity contribution < 1.29 is 0 Å². The van der Waals surface area contributed by atoms with Crippen LogP contribution in [0, 0.1) is 6.92 Å². The lowest BCUT2D eigenvalue weighted by atomic mass is 10.2. The Bertz CT molecular complexity index is 670. The summed E-state index contributed by atoms with van der Waals surface area (Å²) in [4.78, 5) is 6.73. The molecule has 2 aromatic heterocycles. The summed E-state index contributed by atoms with van der Waals surface area (Å²) >= 11 is 9.65. The molecule has 1 aromatic carbocycles. The van der Waals surface area contributed by atoms with Crippen molar-refractivity contribution in [2.45, 2.75) is 17.6 Å². The number of halogens is 1. The fourth-order valence-electron chi connectivity index (χ4n) is 1.68. The lowest BCUT2D eigenvalue weighted by Crippen LogP contribution is -1.83. The van der Waals surface area contributed by atoms with E-state index in [1.807, 2.05) is 16.0 Å². The van der Waals surface area contributed by atoms with Crippen LogP contribution in [0.15, 0.2) is 40.7 Å². The van der Waals surface area contributed by atoms with Gasteiger partial charge in [-0.25, -0.2) is 4.98 Å². The van der Waals surface area contributed by atoms with Crippen molar-refractivity contribution in [3.05, 3.63) is 52.3 Å². The van der Waals surface area contributed by atoms with Gasteiger partial charge >= 0.3 is 0 Å². The lowest BCUT2D eigenvalue weighted by Gasteiger charge is -2.00. The molecule has 0 aliphatic rings. The van der Waals surface area contributed by atoms with E-state index in [-0.39, 0.29) is 0 Å². The number of hydrogen-bond donors (Lipinski definition) is 0. The predicted molar refractivity (Wildman–Crippen MR) is 78.8 cm³/mol. The Kier molecular flexibility index (Phi) is 3.33. The summed E-state index contributed by atoms with van der Waals surface area (Å²) in [6.07, 6.45) is 1.95. The van der Waals surface area contributed by atoms with Gasteiger partial charge in [0.25, 0.3) is 0 Å². The minimum atomic E-state index is 0.728. The molecule has 0 N–H and O–H groups in total. The Morgan fingerprint density at radius 1 is 1.33 bits per heavy atom. The number of thiazole rings is 1. The van der Waals surface area contributed by atoms with Crippen LogP contribution in [-0.2, 0) is 5.75 Å². The Morgan fingerprint density at radius 3 is 2.83 bits per heavy atom. The molecule has 0 atom stereocenters. The lowest BCUT2D eigenvalue weighted by molar-refractivity contribution is 1.21. The highest BCUT2D eigenvalue weighted by Crippen LogP contribution is 2.28. The number of thioether (sulfide) groups is 1. The fourth-order valence-corrected chi connectivity index (χ4v) is 3.62. The highest BCUT2D eigenvalue weighted by Gasteiger charge is 2.10. The fraction of sp³-hybridized carbons (Fsp3) is 0.154. The van der Waals surface area contributed by atoms with E-state index in [4.69, 9.17) is 11.6 Å². The van der Waals surface area contributed by atoms with E-state index in [9.17, 15) is 0 Å². The summed E-state index contributed by atoms with van der Waals surface area (Å²) in [5.74, 6) is 0.802. The van der Waals surface area contributed by atoms with Gasteiger partial charge in [-0.15, -0.1) is 23.1 Å². The van der Waals surface area contributed by atoms with E-state index >= 15 is 0 Å². The molecule has 2 heterocycles. The van der Waals surface area contributed by atoms with Crippen LogP contribution in [0.4, 0.5) is 0 Å². The van der Waals surface area contributed by atoms with Gasteiger partial charge in [0.2, 0.25) is 0 Å². The zero-order valence-corrected chi connectivity index (χ0v) is 12.1. The van der Waals surface area contributed by atoms with Crippen LogP contribution >= 0.6 is 34.7 Å². The maximum absolute atomic E-state index is 6.28. The number of aromatic nitrogens is 2. The molecule has 0 aliphatic carbocycles. The van der Waals surface area contributed by atoms with Gasteiger partial charge in [-0.05, 0) is 19.1 Å². The summed E-state index contributed by atoms with van der Waals surface area (Å²) < 4.78 is 1.93. The topological polar surface area (TPSA) is 17.3 Å². The summed E-state index contributed by atoms with van der Waals surface area (Å²) in [7, 11) is 0. The molecule has 0 aliphatic heterocycles. The van der Waals surface area contributed by atoms with E-state index in [1.54, 1.807) is 23.1 Å². The molecule has 0 saturated heterocycles. The molecule has 0 bridgehead atoms. The van der Waals surface area contributed by atoms with E-state index in [0.29, 0.717) is 0 Å². The summed E-state index contributed by atoms with van der Waals surface area (Å²) in [5.41, 5.74) is 2.23. The molecule has 0 amide bonds. The standard InChI is InChI=1S/C13H11ClN2S2/c1-9-2-4-10(5-3-9)18-8-11-12(14)16-6-7-17-13(16)15-11/h2-7H,8H2,1H3. The van der Waals surface area contributed by atoms with Gasteiger partial charge in [0.1, 0.15) is 5.15 Å². The predicted octanol–water partition coefficient (Wildman–Crippen LogP) is 4.65. The first kappa shape index (κ1) is 12.1. The van der Waals surface area contributed by atoms with Gasteiger partial charge in [-0.2, -0.15) is 0 Å². The van der Waals surface area contributed by atoms with E-state index in [2.05, 4.69) is 36.2 Å². The van der Waals surface area contributed by atoms with Gasteiger partial charge < -0.3 is 0 Å². The van der Waals surface area contributed by atoms with Crippen molar-refractivity contribution in [1.29, 1.82) is 0 Å². The molecule has 3 rings (SSSR count). The Labute approximate surface area is 119 Å². The van der Waals surface area contributed by atoms with Gasteiger partial charge in [-0.1, -0.05) is 29.3 Å². The molecule has 18 heavy (non-hydrogen) atoms. The van der Waals surface area contributed by atoms with E-state index < -0.39 is 0 Å². The third-order valence-corrected chi connectivity index (χ3v) is 4.85. The third-order valence-electron chi connectivity index (χ3n) is 2.67. The average Bonchev–Trinajstić information content (AvgIpc) is 2.93. The summed E-state index contributed by atoms with van der Waals surface area (Å²) in [6, 6.07) is 8.50. The zero-order chi connectivity index (χ0) is 12.5. The number of hydrogen-bond acceptors (Lipinski definition) is 3. The van der Waals surface area contributed by atoms with Crippen LogP contribution < -0.4 is 0 Å². The average molecular weight is 295 g/mol. The van der Waals surface area contributed by atoms with Crippen LogP contribution in [0.25, 0.3) is 4.96 Å². The molecule has 2 nitrogen and oxygen atoms in total. The molecule has 5 heteroatoms. The first-order valence-corrected chi connectivity index (χ1v) is 7.78. The highest BCUT2D eigenvalue weighted by molar-refractivity contribution is 7.98. The largest absolute Gasteiger partial charge is 0.281 e. The second kappa shape index (κ2) is 4.96. The Hall–Kier alpha value is -0.970. The maximum Gasteiger partial charge on any atom is 0.195 e. The van der Waals surface area contributed by atoms with Gasteiger partial charge in [0.15, 0.2) is 4.96 Å². The van der Waals surface area contributed by atoms with Crippen molar-refractivity contribution in [2.24, 2.45) is 0 Å². The molecule has 0 spiro atoms. The number of imidazole rings is 1. The number of benzene rings is 1. The van der Waals surface area contributed by atoms with Crippen LogP contribution in [0.5, 0.6) is 0 Å². The van der Waals surface area contributed by atoms with Crippen molar-refractivity contribution in [1.82, 2.24) is 9.38 Å². The molecule has 0 saturated carbocycles. The van der Waals surface area contributed by atoms with Crippen molar-refractivity contribution in [3.8, 4) is 0 Å². The first-order valence-electron chi connectivity index (χ1n) is 5.53. The molecule has 3 aromatic rings. The van der Waals surface area contributed by atoms with Crippen LogP contribution in [0.1, 0.15) is 11.3 Å². The first-order chi connectivity index (χ1) is 8.74. The van der Waals surface area contributed by atoms with Gasteiger partial charge in [0.05, 0.1) is 5.69 Å². The van der Waals surface area contributed by atoms with Crippen LogP contribution in [0.3, 0.4) is 0 Å². The number of nitrogens with zero attached hydrogens (tertiary/aromatic N) is 2. The van der Waals surface area contributed by atoms with Crippen molar-refractivity contribution in [3.63, 3.8) is 0 Å². The van der Waals surface area contributed by atoms with E-state index in [1.165, 1.54) is 10.5 Å². The van der Waals surface area contributed by atoms with Crippen LogP contribution in [-0.4, -0.2) is 9.38 Å². The van der Waals surface area contributed by atoms with Crippen molar-refractivity contribution >= 4 is 39.7 Å². The normalized spacial score (nSPS) is 11.2. The highest BCUT2D eigenvalue weighted by atomic mass is 35.5. The van der Waals surface area contributed by atoms with Gasteiger partial charge in [0, 0.05) is 22.2 Å². The summed E-state index contributed by atoms with van der Waals surface area (Å²) in [5, 5.41) is 2.72. The number of fused-ring (bicyclic) bond motifs is 1.